The molecular formula is C14H17ClN4O2S. The number of thiophene rings is 1. The third-order valence-electron chi connectivity index (χ3n) is 3.57. The highest BCUT2D eigenvalue weighted by Crippen LogP contribution is 2.32. The topological polar surface area (TPSA) is 58.6 Å². The number of fused-ring (bicyclic) bond motifs is 1. The number of carbonyl (C=O) groups excluding carboxylic acids is 1. The zero-order chi connectivity index (χ0) is 15.7. The first-order valence-electron chi connectivity index (χ1n) is 7.19. The number of aryl methyl sites for hydroxylation is 1. The van der Waals surface area contributed by atoms with Crippen LogP contribution in [0, 0.1) is 6.92 Å². The number of aromatic nitrogens is 2. The van der Waals surface area contributed by atoms with Gasteiger partial charge in [-0.15, -0.1) is 11.3 Å². The molecule has 0 saturated carbocycles. The van der Waals surface area contributed by atoms with Gasteiger partial charge in [-0.1, -0.05) is 0 Å². The molecule has 118 valence electrons. The lowest BCUT2D eigenvalue weighted by Gasteiger charge is -2.34. The van der Waals surface area contributed by atoms with Gasteiger partial charge in [0.15, 0.2) is 0 Å². The molecule has 2 aromatic rings. The van der Waals surface area contributed by atoms with Crippen LogP contribution in [0.5, 0.6) is 0 Å². The van der Waals surface area contributed by atoms with E-state index >= 15 is 0 Å². The van der Waals surface area contributed by atoms with Gasteiger partial charge in [0.1, 0.15) is 10.6 Å². The van der Waals surface area contributed by atoms with Crippen LogP contribution in [0.15, 0.2) is 6.07 Å². The van der Waals surface area contributed by atoms with Gasteiger partial charge < -0.3 is 14.5 Å². The fraction of sp³-hybridized carbons (Fsp3) is 0.500. The Morgan fingerprint density at radius 3 is 2.77 bits per heavy atom. The maximum atomic E-state index is 11.8. The van der Waals surface area contributed by atoms with Crippen molar-refractivity contribution in [1.29, 1.82) is 0 Å². The van der Waals surface area contributed by atoms with Gasteiger partial charge in [0.2, 0.25) is 5.28 Å². The minimum absolute atomic E-state index is 0.251. The minimum atomic E-state index is -0.251. The van der Waals surface area contributed by atoms with Crippen molar-refractivity contribution in [2.45, 2.75) is 13.8 Å². The fourth-order valence-electron chi connectivity index (χ4n) is 2.56. The van der Waals surface area contributed by atoms with Gasteiger partial charge in [0.05, 0.1) is 12.0 Å². The first-order chi connectivity index (χ1) is 10.6. The molecule has 0 atom stereocenters. The molecule has 1 amide bonds. The number of nitrogens with zero attached hydrogens (tertiary/aromatic N) is 4. The van der Waals surface area contributed by atoms with Gasteiger partial charge in [-0.2, -0.15) is 4.98 Å². The summed E-state index contributed by atoms with van der Waals surface area (Å²) in [6.07, 6.45) is -0.251. The monoisotopic (exact) mass is 340 g/mol. The zero-order valence-electron chi connectivity index (χ0n) is 12.5. The number of ether oxygens (including phenoxy) is 1. The highest BCUT2D eigenvalue weighted by atomic mass is 35.5. The lowest BCUT2D eigenvalue weighted by atomic mass is 10.2. The Morgan fingerprint density at radius 1 is 1.36 bits per heavy atom. The molecule has 0 aliphatic carbocycles. The highest BCUT2D eigenvalue weighted by molar-refractivity contribution is 7.18. The molecule has 0 radical (unpaired) electrons. The molecule has 0 N–H and O–H groups in total. The van der Waals surface area contributed by atoms with Crippen LogP contribution in [0.25, 0.3) is 10.2 Å². The normalized spacial score (nSPS) is 15.4. The lowest BCUT2D eigenvalue weighted by Crippen LogP contribution is -2.49. The van der Waals surface area contributed by atoms with Crippen LogP contribution in [0.3, 0.4) is 0 Å². The molecule has 3 rings (SSSR count). The van der Waals surface area contributed by atoms with E-state index in [4.69, 9.17) is 16.3 Å². The smallest absolute Gasteiger partial charge is 0.409 e. The maximum Gasteiger partial charge on any atom is 0.409 e. The van der Waals surface area contributed by atoms with Crippen molar-refractivity contribution in [2.75, 3.05) is 37.7 Å². The van der Waals surface area contributed by atoms with Crippen LogP contribution in [0.4, 0.5) is 10.6 Å². The third-order valence-corrected chi connectivity index (χ3v) is 4.69. The molecule has 1 aliphatic rings. The molecule has 22 heavy (non-hydrogen) atoms. The highest BCUT2D eigenvalue weighted by Gasteiger charge is 2.24. The van der Waals surface area contributed by atoms with Gasteiger partial charge in [-0.3, -0.25) is 0 Å². The van der Waals surface area contributed by atoms with Crippen LogP contribution < -0.4 is 4.90 Å². The molecule has 3 heterocycles. The summed E-state index contributed by atoms with van der Waals surface area (Å²) in [6, 6.07) is 2.09. The first-order valence-corrected chi connectivity index (χ1v) is 8.38. The summed E-state index contributed by atoms with van der Waals surface area (Å²) in [5, 5.41) is 1.29. The molecule has 1 fully saturated rings. The predicted molar refractivity (Wildman–Crippen MR) is 88.0 cm³/mol. The van der Waals surface area contributed by atoms with Crippen molar-refractivity contribution in [3.63, 3.8) is 0 Å². The van der Waals surface area contributed by atoms with Crippen molar-refractivity contribution >= 4 is 45.1 Å². The van der Waals surface area contributed by atoms with E-state index in [0.717, 1.165) is 16.0 Å². The van der Waals surface area contributed by atoms with Crippen LogP contribution in [-0.2, 0) is 4.74 Å². The number of anilines is 1. The van der Waals surface area contributed by atoms with E-state index in [9.17, 15) is 4.79 Å². The quantitative estimate of drug-likeness (QED) is 0.787. The number of rotatable bonds is 2. The Bertz CT molecular complexity index is 697. The van der Waals surface area contributed by atoms with Crippen LogP contribution in [-0.4, -0.2) is 53.7 Å². The number of hydrogen-bond donors (Lipinski definition) is 0. The Hall–Kier alpha value is -1.60. The lowest BCUT2D eigenvalue weighted by molar-refractivity contribution is 0.105. The molecule has 0 unspecified atom stereocenters. The van der Waals surface area contributed by atoms with Gasteiger partial charge in [0, 0.05) is 31.1 Å². The van der Waals surface area contributed by atoms with Gasteiger partial charge >= 0.3 is 6.09 Å². The first kappa shape index (κ1) is 15.3. The molecular weight excluding hydrogens is 324 g/mol. The van der Waals surface area contributed by atoms with Crippen LogP contribution >= 0.6 is 22.9 Å². The van der Waals surface area contributed by atoms with E-state index < -0.39 is 0 Å². The number of amides is 1. The van der Waals surface area contributed by atoms with Gasteiger partial charge in [-0.25, -0.2) is 9.78 Å². The van der Waals surface area contributed by atoms with E-state index in [1.54, 1.807) is 16.2 Å². The summed E-state index contributed by atoms with van der Waals surface area (Å²) in [7, 11) is 0. The van der Waals surface area contributed by atoms with E-state index in [1.807, 2.05) is 13.8 Å². The minimum Gasteiger partial charge on any atom is -0.450 e. The largest absolute Gasteiger partial charge is 0.450 e. The fourth-order valence-corrected chi connectivity index (χ4v) is 3.65. The van der Waals surface area contributed by atoms with Crippen molar-refractivity contribution in [3.8, 4) is 0 Å². The van der Waals surface area contributed by atoms with E-state index in [0.29, 0.717) is 32.8 Å². The third kappa shape index (κ3) is 2.96. The molecule has 0 bridgehead atoms. The van der Waals surface area contributed by atoms with E-state index in [2.05, 4.69) is 20.9 Å². The van der Waals surface area contributed by atoms with E-state index in [1.165, 1.54) is 4.88 Å². The Balaban J connectivity index is 1.80. The second-order valence-corrected chi connectivity index (χ2v) is 6.64. The van der Waals surface area contributed by atoms with Crippen molar-refractivity contribution < 1.29 is 9.53 Å². The average Bonchev–Trinajstić information content (AvgIpc) is 2.87. The second kappa shape index (κ2) is 6.26. The van der Waals surface area contributed by atoms with E-state index in [-0.39, 0.29) is 11.4 Å². The van der Waals surface area contributed by atoms with Crippen LogP contribution in [0.2, 0.25) is 5.28 Å². The van der Waals surface area contributed by atoms with Crippen molar-refractivity contribution in [1.82, 2.24) is 14.9 Å². The summed E-state index contributed by atoms with van der Waals surface area (Å²) in [5.74, 6) is 0.850. The maximum absolute atomic E-state index is 11.8. The average molecular weight is 341 g/mol. The van der Waals surface area contributed by atoms with Gasteiger partial charge in [-0.05, 0) is 31.5 Å². The Kier molecular flexibility index (Phi) is 4.35. The summed E-state index contributed by atoms with van der Waals surface area (Å²) >= 11 is 7.66. The number of piperazine rings is 1. The van der Waals surface area contributed by atoms with Gasteiger partial charge in [0.25, 0.3) is 0 Å². The summed E-state index contributed by atoms with van der Waals surface area (Å²) < 4.78 is 5.04. The number of carbonyl (C=O) groups is 1. The van der Waals surface area contributed by atoms with Crippen molar-refractivity contribution in [3.05, 3.63) is 16.2 Å². The molecule has 1 saturated heterocycles. The summed E-state index contributed by atoms with van der Waals surface area (Å²) in [6.45, 7) is 6.90. The summed E-state index contributed by atoms with van der Waals surface area (Å²) in [4.78, 5) is 26.4. The molecule has 0 spiro atoms. The van der Waals surface area contributed by atoms with Crippen LogP contribution in [0.1, 0.15) is 11.8 Å². The van der Waals surface area contributed by atoms with Crippen molar-refractivity contribution in [2.24, 2.45) is 0 Å². The molecule has 0 aromatic carbocycles. The zero-order valence-corrected chi connectivity index (χ0v) is 14.1. The number of halogens is 1. The SMILES string of the molecule is CCOC(=O)N1CCN(c2nc(Cl)nc3sc(C)cc23)CC1. The molecule has 8 heteroatoms. The predicted octanol–water partition coefficient (Wildman–Crippen LogP) is 2.93. The molecule has 1 aliphatic heterocycles. The molecule has 2 aromatic heterocycles. The Labute approximate surface area is 137 Å². The summed E-state index contributed by atoms with van der Waals surface area (Å²) in [5.41, 5.74) is 0. The standard InChI is InChI=1S/C14H17ClN4O2S/c1-3-21-14(20)19-6-4-18(5-7-19)11-10-8-9(2)22-12(10)17-13(15)16-11/h8H,3-7H2,1-2H3. The Morgan fingerprint density at radius 2 is 2.09 bits per heavy atom. The number of hydrogen-bond acceptors (Lipinski definition) is 6. The molecule has 6 nitrogen and oxygen atoms in total. The second-order valence-electron chi connectivity index (χ2n) is 5.07.